The predicted molar refractivity (Wildman–Crippen MR) is 154 cm³/mol. The van der Waals surface area contributed by atoms with E-state index in [-0.39, 0.29) is 23.8 Å². The number of amides is 1. The van der Waals surface area contributed by atoms with Crippen LogP contribution in [0.25, 0.3) is 0 Å². The van der Waals surface area contributed by atoms with Crippen molar-refractivity contribution >= 4 is 21.6 Å². The van der Waals surface area contributed by atoms with Crippen LogP contribution in [0, 0.1) is 0 Å². The summed E-state index contributed by atoms with van der Waals surface area (Å²) in [4.78, 5) is 17.2. The number of sulfonamides is 1. The van der Waals surface area contributed by atoms with Crippen LogP contribution in [-0.4, -0.2) is 92.8 Å². The summed E-state index contributed by atoms with van der Waals surface area (Å²) in [6, 6.07) is 13.2. The molecule has 0 radical (unpaired) electrons. The van der Waals surface area contributed by atoms with Crippen LogP contribution in [0.4, 0.5) is 5.69 Å². The van der Waals surface area contributed by atoms with Crippen molar-refractivity contribution < 1.29 is 32.5 Å². The highest BCUT2D eigenvalue weighted by molar-refractivity contribution is 7.89. The van der Waals surface area contributed by atoms with E-state index in [2.05, 4.69) is 0 Å². The average molecular weight is 589 g/mol. The number of aliphatic hydroxyl groups is 1. The first kappa shape index (κ1) is 29.6. The number of likely N-dealkylation sites (tertiary alicyclic amines) is 1. The Bertz CT molecular complexity index is 1310. The third-order valence-electron chi connectivity index (χ3n) is 8.15. The molecule has 0 spiro atoms. The molecule has 1 amide bonds. The maximum atomic E-state index is 13.5. The van der Waals surface area contributed by atoms with Crippen molar-refractivity contribution in [2.75, 3.05) is 50.5 Å². The van der Waals surface area contributed by atoms with Crippen LogP contribution in [-0.2, 0) is 21.4 Å². The van der Waals surface area contributed by atoms with Crippen LogP contribution >= 0.6 is 0 Å². The molecule has 0 aromatic heterocycles. The number of carbonyl (C=O) groups is 1. The van der Waals surface area contributed by atoms with Gasteiger partial charge < -0.3 is 34.9 Å². The molecule has 3 heterocycles. The number of rotatable bonds is 9. The first-order valence-corrected chi connectivity index (χ1v) is 15.9. The van der Waals surface area contributed by atoms with Crippen molar-refractivity contribution in [3.63, 3.8) is 0 Å². The zero-order valence-corrected chi connectivity index (χ0v) is 24.3. The van der Waals surface area contributed by atoms with Crippen LogP contribution in [0.2, 0.25) is 0 Å². The van der Waals surface area contributed by atoms with Gasteiger partial charge in [0.25, 0.3) is 5.91 Å². The Labute approximate surface area is 241 Å². The highest BCUT2D eigenvalue weighted by Crippen LogP contribution is 2.34. The van der Waals surface area contributed by atoms with E-state index in [4.69, 9.17) is 19.9 Å². The monoisotopic (exact) mass is 588 g/mol. The zero-order chi connectivity index (χ0) is 29.0. The first-order valence-electron chi connectivity index (χ1n) is 14.3. The average Bonchev–Trinajstić information content (AvgIpc) is 3.00. The predicted octanol–water partition coefficient (Wildman–Crippen LogP) is 2.13. The highest BCUT2D eigenvalue weighted by atomic mass is 32.2. The van der Waals surface area contributed by atoms with E-state index >= 15 is 0 Å². The van der Waals surface area contributed by atoms with E-state index in [1.165, 1.54) is 11.4 Å². The number of nitrogens with two attached hydrogens (primary N) is 1. The Balaban J connectivity index is 1.17. The second kappa shape index (κ2) is 13.0. The van der Waals surface area contributed by atoms with Crippen LogP contribution in [0.5, 0.6) is 11.5 Å². The molecule has 2 saturated heterocycles. The van der Waals surface area contributed by atoms with Crippen LogP contribution in [0.15, 0.2) is 42.5 Å². The van der Waals surface area contributed by atoms with Gasteiger partial charge in [0.05, 0.1) is 25.0 Å². The molecule has 1 atom stereocenters. The summed E-state index contributed by atoms with van der Waals surface area (Å²) in [5.41, 5.74) is 7.96. The van der Waals surface area contributed by atoms with E-state index < -0.39 is 16.4 Å². The van der Waals surface area contributed by atoms with Gasteiger partial charge in [-0.25, -0.2) is 12.7 Å². The number of piperidine rings is 2. The summed E-state index contributed by atoms with van der Waals surface area (Å²) >= 11 is 0. The Hall–Kier alpha value is -2.90. The largest absolute Gasteiger partial charge is 0.496 e. The summed E-state index contributed by atoms with van der Waals surface area (Å²) < 4.78 is 43.7. The topological polar surface area (TPSA) is 135 Å². The minimum Gasteiger partial charge on any atom is -0.496 e. The molecule has 3 aliphatic rings. The molecule has 11 nitrogen and oxygen atoms in total. The normalized spacial score (nSPS) is 21.0. The van der Waals surface area contributed by atoms with E-state index in [1.54, 1.807) is 18.2 Å². The van der Waals surface area contributed by atoms with Gasteiger partial charge in [-0.1, -0.05) is 18.2 Å². The van der Waals surface area contributed by atoms with Crippen molar-refractivity contribution in [2.24, 2.45) is 5.73 Å². The summed E-state index contributed by atoms with van der Waals surface area (Å²) in [7, 11) is -1.76. The summed E-state index contributed by atoms with van der Waals surface area (Å²) in [5, 5.41) is 10.6. The number of fused-ring (bicyclic) bond motifs is 1. The number of ether oxygens (including phenoxy) is 3. The molecule has 41 heavy (non-hydrogen) atoms. The fourth-order valence-electron chi connectivity index (χ4n) is 5.88. The number of hydrogen-bond acceptors (Lipinski definition) is 9. The van der Waals surface area contributed by atoms with Gasteiger partial charge in [-0.2, -0.15) is 0 Å². The number of carbonyl (C=O) groups excluding carboxylic acids is 1. The van der Waals surface area contributed by atoms with Crippen molar-refractivity contribution in [3.05, 3.63) is 53.6 Å². The lowest BCUT2D eigenvalue weighted by molar-refractivity contribution is -0.121. The number of anilines is 1. The molecule has 0 bridgehead atoms. The lowest BCUT2D eigenvalue weighted by Crippen LogP contribution is -2.52. The molecule has 224 valence electrons. The van der Waals surface area contributed by atoms with E-state index in [0.717, 1.165) is 11.3 Å². The Morgan fingerprint density at radius 1 is 1.07 bits per heavy atom. The molecule has 3 aliphatic heterocycles. The van der Waals surface area contributed by atoms with Gasteiger partial charge in [0, 0.05) is 49.5 Å². The molecular formula is C29H40N4O7S. The molecule has 5 rings (SSSR count). The highest BCUT2D eigenvalue weighted by Gasteiger charge is 2.35. The third kappa shape index (κ3) is 6.62. The molecule has 2 aromatic rings. The molecule has 3 N–H and O–H groups in total. The van der Waals surface area contributed by atoms with Crippen LogP contribution in [0.1, 0.15) is 48.0 Å². The van der Waals surface area contributed by atoms with Gasteiger partial charge in [0.2, 0.25) is 16.4 Å². The SMILES string of the molecule is COc1cc(OC2CCN(S(=O)(=O)CCCN)CC2)ccc1C(=O)N1CCC(N2c3ccccc3COC2O)CC1. The lowest BCUT2D eigenvalue weighted by Gasteiger charge is -2.44. The fourth-order valence-corrected chi connectivity index (χ4v) is 7.44. The minimum absolute atomic E-state index is 0.0511. The molecule has 2 fully saturated rings. The van der Waals surface area contributed by atoms with Crippen molar-refractivity contribution in [1.82, 2.24) is 9.21 Å². The molecular weight excluding hydrogens is 548 g/mol. The number of aliphatic hydroxyl groups excluding tert-OH is 1. The lowest BCUT2D eigenvalue weighted by atomic mass is 9.99. The van der Waals surface area contributed by atoms with Crippen molar-refractivity contribution in [3.8, 4) is 11.5 Å². The molecule has 0 aliphatic carbocycles. The zero-order valence-electron chi connectivity index (χ0n) is 23.5. The third-order valence-corrected chi connectivity index (χ3v) is 10.1. The van der Waals surface area contributed by atoms with Crippen molar-refractivity contribution in [1.29, 1.82) is 0 Å². The number of para-hydroxylation sites is 1. The number of hydrogen-bond donors (Lipinski definition) is 2. The first-order chi connectivity index (χ1) is 19.8. The van der Waals surface area contributed by atoms with Gasteiger partial charge in [-0.05, 0) is 56.8 Å². The Morgan fingerprint density at radius 3 is 2.51 bits per heavy atom. The maximum absolute atomic E-state index is 13.5. The standard InChI is InChI=1S/C29H40N4O7S/c1-38-27-19-24(40-23-11-16-32(17-12-23)41(36,37)18-4-13-30)7-8-25(27)28(34)31-14-9-22(10-15-31)33-26-6-3-2-5-21(26)20-39-29(33)35/h2-3,5-8,19,22-23,29,35H,4,9-18,20,30H2,1H3. The Morgan fingerprint density at radius 2 is 1.80 bits per heavy atom. The van der Waals surface area contributed by atoms with Crippen LogP contribution in [0.3, 0.4) is 0 Å². The summed E-state index contributed by atoms with van der Waals surface area (Å²) in [5.74, 6) is 0.977. The van der Waals surface area contributed by atoms with Gasteiger partial charge in [-0.15, -0.1) is 0 Å². The Kier molecular flexibility index (Phi) is 9.35. The van der Waals surface area contributed by atoms with Crippen molar-refractivity contribution in [2.45, 2.75) is 57.3 Å². The van der Waals surface area contributed by atoms with E-state index in [9.17, 15) is 18.3 Å². The molecule has 1 unspecified atom stereocenters. The van der Waals surface area contributed by atoms with Crippen LogP contribution < -0.4 is 20.1 Å². The molecule has 12 heteroatoms. The number of methoxy groups -OCH3 is 1. The van der Waals surface area contributed by atoms with Gasteiger partial charge in [0.1, 0.15) is 17.6 Å². The molecule has 2 aromatic carbocycles. The summed E-state index contributed by atoms with van der Waals surface area (Å²) in [6.07, 6.45) is 1.89. The fraction of sp³-hybridized carbons (Fsp3) is 0.552. The maximum Gasteiger partial charge on any atom is 0.257 e. The van der Waals surface area contributed by atoms with E-state index in [0.29, 0.717) is 88.5 Å². The number of benzene rings is 2. The second-order valence-corrected chi connectivity index (χ2v) is 12.8. The van der Waals surface area contributed by atoms with Gasteiger partial charge in [-0.3, -0.25) is 4.79 Å². The minimum atomic E-state index is -3.29. The van der Waals surface area contributed by atoms with Gasteiger partial charge in [0.15, 0.2) is 0 Å². The van der Waals surface area contributed by atoms with Gasteiger partial charge >= 0.3 is 0 Å². The summed E-state index contributed by atoms with van der Waals surface area (Å²) in [6.45, 7) is 2.64. The smallest absolute Gasteiger partial charge is 0.257 e. The molecule has 0 saturated carbocycles. The van der Waals surface area contributed by atoms with E-state index in [1.807, 2.05) is 34.1 Å². The number of nitrogens with zero attached hydrogens (tertiary/aromatic N) is 3. The second-order valence-electron chi connectivity index (χ2n) is 10.7. The quantitative estimate of drug-likeness (QED) is 0.452.